The number of rotatable bonds is 5. The Morgan fingerprint density at radius 3 is 2.23 bits per heavy atom. The van der Waals surface area contributed by atoms with E-state index < -0.39 is 0 Å². The zero-order chi connectivity index (χ0) is 17.6. The Labute approximate surface area is 155 Å². The third-order valence-corrected chi connectivity index (χ3v) is 4.80. The second-order valence-electron chi connectivity index (χ2n) is 6.67. The fourth-order valence-electron chi connectivity index (χ4n) is 3.42. The van der Waals surface area contributed by atoms with Crippen molar-refractivity contribution in [2.24, 2.45) is 0 Å². The van der Waals surface area contributed by atoms with Gasteiger partial charge in [-0.1, -0.05) is 48.5 Å². The highest BCUT2D eigenvalue weighted by Crippen LogP contribution is 2.26. The summed E-state index contributed by atoms with van der Waals surface area (Å²) in [4.78, 5) is 14.1. The third-order valence-electron chi connectivity index (χ3n) is 4.80. The molecule has 1 fully saturated rings. The van der Waals surface area contributed by atoms with E-state index in [1.54, 1.807) is 0 Å². The van der Waals surface area contributed by atoms with Gasteiger partial charge in [-0.3, -0.25) is 0 Å². The summed E-state index contributed by atoms with van der Waals surface area (Å²) in [6, 6.07) is 22.9. The van der Waals surface area contributed by atoms with E-state index in [1.165, 1.54) is 24.8 Å². The molecule has 4 rings (SSSR count). The predicted molar refractivity (Wildman–Crippen MR) is 107 cm³/mol. The van der Waals surface area contributed by atoms with Gasteiger partial charge in [0.25, 0.3) is 0 Å². The standard InChI is InChI=1S/C22H24N4/c1-4-10-19(11-5-1)18-26(20-12-6-2-7-13-20)22-23-15-14-21(24-22)25-16-8-3-9-17-25/h1-2,4-7,10-15H,3,8-9,16-18H2. The normalized spacial score (nSPS) is 14.2. The molecule has 26 heavy (non-hydrogen) atoms. The number of hydrogen-bond donors (Lipinski definition) is 0. The smallest absolute Gasteiger partial charge is 0.232 e. The predicted octanol–water partition coefficient (Wildman–Crippen LogP) is 4.81. The number of hydrogen-bond acceptors (Lipinski definition) is 4. The van der Waals surface area contributed by atoms with Crippen molar-refractivity contribution in [3.05, 3.63) is 78.5 Å². The number of piperidine rings is 1. The molecule has 1 aliphatic heterocycles. The highest BCUT2D eigenvalue weighted by atomic mass is 15.3. The van der Waals surface area contributed by atoms with Crippen LogP contribution in [0.1, 0.15) is 24.8 Å². The lowest BCUT2D eigenvalue weighted by molar-refractivity contribution is 0.573. The summed E-state index contributed by atoms with van der Waals surface area (Å²) >= 11 is 0. The average molecular weight is 344 g/mol. The Balaban J connectivity index is 1.67. The number of para-hydroxylation sites is 1. The van der Waals surface area contributed by atoms with Crippen LogP contribution in [0, 0.1) is 0 Å². The summed E-state index contributed by atoms with van der Waals surface area (Å²) in [5, 5.41) is 0. The molecule has 0 aliphatic carbocycles. The molecule has 0 saturated carbocycles. The Kier molecular flexibility index (Phi) is 5.10. The number of aromatic nitrogens is 2. The first kappa shape index (κ1) is 16.6. The zero-order valence-electron chi connectivity index (χ0n) is 15.0. The fraction of sp³-hybridized carbons (Fsp3) is 0.273. The van der Waals surface area contributed by atoms with Crippen LogP contribution in [0.3, 0.4) is 0 Å². The molecule has 0 spiro atoms. The van der Waals surface area contributed by atoms with Gasteiger partial charge in [-0.15, -0.1) is 0 Å². The Morgan fingerprint density at radius 2 is 1.50 bits per heavy atom. The molecule has 0 atom stereocenters. The Bertz CT molecular complexity index is 814. The van der Waals surface area contributed by atoms with Crippen molar-refractivity contribution in [3.8, 4) is 0 Å². The quantitative estimate of drug-likeness (QED) is 0.665. The molecule has 1 aliphatic rings. The molecule has 0 radical (unpaired) electrons. The van der Waals surface area contributed by atoms with E-state index >= 15 is 0 Å². The van der Waals surface area contributed by atoms with Crippen LogP contribution < -0.4 is 9.80 Å². The first-order valence-electron chi connectivity index (χ1n) is 9.35. The highest BCUT2D eigenvalue weighted by molar-refractivity contribution is 5.59. The minimum absolute atomic E-state index is 0.744. The maximum atomic E-state index is 4.91. The van der Waals surface area contributed by atoms with Crippen LogP contribution in [0.5, 0.6) is 0 Å². The third kappa shape index (κ3) is 3.85. The van der Waals surface area contributed by atoms with Gasteiger partial charge in [-0.05, 0) is 43.0 Å². The van der Waals surface area contributed by atoms with Gasteiger partial charge in [-0.2, -0.15) is 4.98 Å². The Morgan fingerprint density at radius 1 is 0.808 bits per heavy atom. The SMILES string of the molecule is c1ccc(CN(c2ccccc2)c2nccc(N3CCCCC3)n2)cc1. The van der Waals surface area contributed by atoms with E-state index in [4.69, 9.17) is 4.98 Å². The molecule has 1 aromatic heterocycles. The van der Waals surface area contributed by atoms with E-state index in [9.17, 15) is 0 Å². The van der Waals surface area contributed by atoms with E-state index in [-0.39, 0.29) is 0 Å². The zero-order valence-corrected chi connectivity index (χ0v) is 15.0. The van der Waals surface area contributed by atoms with Crippen molar-refractivity contribution < 1.29 is 0 Å². The lowest BCUT2D eigenvalue weighted by Gasteiger charge is -2.29. The molecule has 3 aromatic rings. The molecule has 0 bridgehead atoms. The molecule has 4 nitrogen and oxygen atoms in total. The molecule has 0 amide bonds. The summed E-state index contributed by atoms with van der Waals surface area (Å²) < 4.78 is 0. The Hall–Kier alpha value is -2.88. The number of anilines is 3. The van der Waals surface area contributed by atoms with Gasteiger partial charge in [0.1, 0.15) is 5.82 Å². The van der Waals surface area contributed by atoms with Crippen LogP contribution in [0.4, 0.5) is 17.5 Å². The summed E-state index contributed by atoms with van der Waals surface area (Å²) in [7, 11) is 0. The molecule has 0 N–H and O–H groups in total. The second-order valence-corrected chi connectivity index (χ2v) is 6.67. The van der Waals surface area contributed by atoms with Crippen molar-refractivity contribution in [1.29, 1.82) is 0 Å². The molecule has 132 valence electrons. The maximum absolute atomic E-state index is 4.91. The molecule has 4 heteroatoms. The van der Waals surface area contributed by atoms with Crippen LogP contribution in [0.2, 0.25) is 0 Å². The summed E-state index contributed by atoms with van der Waals surface area (Å²) in [5.74, 6) is 1.78. The molecule has 2 aromatic carbocycles. The molecule has 1 saturated heterocycles. The van der Waals surface area contributed by atoms with E-state index in [1.807, 2.05) is 24.4 Å². The molecule has 0 unspecified atom stereocenters. The van der Waals surface area contributed by atoms with Gasteiger partial charge in [0.05, 0.1) is 6.54 Å². The largest absolute Gasteiger partial charge is 0.356 e. The lowest BCUT2D eigenvalue weighted by atomic mass is 10.1. The van der Waals surface area contributed by atoms with Crippen molar-refractivity contribution >= 4 is 17.5 Å². The summed E-state index contributed by atoms with van der Waals surface area (Å²) in [5.41, 5.74) is 2.34. The molecular formula is C22H24N4. The van der Waals surface area contributed by atoms with E-state index in [0.29, 0.717) is 0 Å². The first-order valence-corrected chi connectivity index (χ1v) is 9.35. The van der Waals surface area contributed by atoms with Gasteiger partial charge in [0, 0.05) is 25.0 Å². The number of benzene rings is 2. The summed E-state index contributed by atoms with van der Waals surface area (Å²) in [6.07, 6.45) is 5.68. The monoisotopic (exact) mass is 344 g/mol. The van der Waals surface area contributed by atoms with Crippen LogP contribution in [-0.4, -0.2) is 23.1 Å². The topological polar surface area (TPSA) is 32.3 Å². The van der Waals surface area contributed by atoms with Crippen molar-refractivity contribution in [2.75, 3.05) is 22.9 Å². The van der Waals surface area contributed by atoms with Gasteiger partial charge >= 0.3 is 0 Å². The lowest BCUT2D eigenvalue weighted by Crippen LogP contribution is -2.30. The van der Waals surface area contributed by atoms with Gasteiger partial charge < -0.3 is 9.80 Å². The van der Waals surface area contributed by atoms with Crippen LogP contribution in [0.15, 0.2) is 72.9 Å². The van der Waals surface area contributed by atoms with Crippen LogP contribution >= 0.6 is 0 Å². The van der Waals surface area contributed by atoms with Crippen molar-refractivity contribution in [3.63, 3.8) is 0 Å². The highest BCUT2D eigenvalue weighted by Gasteiger charge is 2.17. The molecular weight excluding hydrogens is 320 g/mol. The van der Waals surface area contributed by atoms with Crippen LogP contribution in [-0.2, 0) is 6.54 Å². The minimum Gasteiger partial charge on any atom is -0.356 e. The van der Waals surface area contributed by atoms with Gasteiger partial charge in [0.2, 0.25) is 5.95 Å². The van der Waals surface area contributed by atoms with Crippen molar-refractivity contribution in [1.82, 2.24) is 9.97 Å². The fourth-order valence-corrected chi connectivity index (χ4v) is 3.42. The van der Waals surface area contributed by atoms with Crippen LogP contribution in [0.25, 0.3) is 0 Å². The first-order chi connectivity index (χ1) is 12.9. The van der Waals surface area contributed by atoms with Gasteiger partial charge in [0.15, 0.2) is 0 Å². The minimum atomic E-state index is 0.744. The number of nitrogens with zero attached hydrogens (tertiary/aromatic N) is 4. The molecule has 2 heterocycles. The summed E-state index contributed by atoms with van der Waals surface area (Å²) in [6.45, 7) is 2.91. The van der Waals surface area contributed by atoms with Gasteiger partial charge in [-0.25, -0.2) is 4.98 Å². The van der Waals surface area contributed by atoms with Crippen molar-refractivity contribution in [2.45, 2.75) is 25.8 Å². The second kappa shape index (κ2) is 8.00. The van der Waals surface area contributed by atoms with E-state index in [2.05, 4.69) is 63.3 Å². The van der Waals surface area contributed by atoms with E-state index in [0.717, 1.165) is 37.1 Å². The maximum Gasteiger partial charge on any atom is 0.232 e. The average Bonchev–Trinajstić information content (AvgIpc) is 2.74.